The van der Waals surface area contributed by atoms with E-state index in [9.17, 15) is 5.11 Å². The minimum atomic E-state index is -0.537. The van der Waals surface area contributed by atoms with Gasteiger partial charge in [-0.2, -0.15) is 0 Å². The normalized spacial score (nSPS) is 12.9. The highest BCUT2D eigenvalue weighted by atomic mass is 16.3. The van der Waals surface area contributed by atoms with E-state index in [4.69, 9.17) is 0 Å². The molecule has 2 N–H and O–H groups in total. The fourth-order valence-electron chi connectivity index (χ4n) is 1.65. The molecule has 0 bridgehead atoms. The first-order chi connectivity index (χ1) is 7.81. The second-order valence-corrected chi connectivity index (χ2v) is 3.75. The van der Waals surface area contributed by atoms with Crippen LogP contribution in [-0.2, 0) is 0 Å². The summed E-state index contributed by atoms with van der Waals surface area (Å²) in [7, 11) is 0. The highest BCUT2D eigenvalue weighted by Gasteiger charge is 2.08. The van der Waals surface area contributed by atoms with Crippen LogP contribution in [0, 0.1) is 0 Å². The minimum Gasteiger partial charge on any atom is -0.385 e. The number of para-hydroxylation sites is 1. The van der Waals surface area contributed by atoms with Crippen molar-refractivity contribution in [3.8, 4) is 0 Å². The van der Waals surface area contributed by atoms with Gasteiger partial charge in [0.15, 0.2) is 0 Å². The van der Waals surface area contributed by atoms with E-state index in [1.165, 1.54) is 0 Å². The largest absolute Gasteiger partial charge is 0.385 e. The van der Waals surface area contributed by atoms with Gasteiger partial charge in [-0.05, 0) is 18.7 Å². The number of aliphatic hydroxyl groups is 1. The first-order valence-corrected chi connectivity index (χ1v) is 5.55. The molecule has 16 heavy (non-hydrogen) atoms. The number of aromatic nitrogens is 1. The number of nitrogens with one attached hydrogen (secondary N) is 1. The summed E-state index contributed by atoms with van der Waals surface area (Å²) < 4.78 is 0. The maximum atomic E-state index is 9.89. The Morgan fingerprint density at radius 3 is 2.88 bits per heavy atom. The molecule has 0 saturated carbocycles. The van der Waals surface area contributed by atoms with Crippen LogP contribution in [0.3, 0.4) is 0 Å². The van der Waals surface area contributed by atoms with Crippen molar-refractivity contribution in [3.63, 3.8) is 0 Å². The molecule has 1 heterocycles. The molecule has 0 spiro atoms. The number of benzene rings is 1. The van der Waals surface area contributed by atoms with Crippen LogP contribution >= 0.6 is 0 Å². The number of hydrogen-bond donors (Lipinski definition) is 2. The standard InChI is InChI=1S/C13H16N2O/c1-2-14-9-13(16)12-8-7-10-5-3-4-6-11(10)15-12/h3-8,13-14,16H,2,9H2,1H3. The molecule has 1 unspecified atom stereocenters. The van der Waals surface area contributed by atoms with Gasteiger partial charge in [0.25, 0.3) is 0 Å². The van der Waals surface area contributed by atoms with Crippen molar-refractivity contribution in [2.24, 2.45) is 0 Å². The molecule has 0 fully saturated rings. The van der Waals surface area contributed by atoms with Crippen LogP contribution in [-0.4, -0.2) is 23.2 Å². The minimum absolute atomic E-state index is 0.537. The lowest BCUT2D eigenvalue weighted by Crippen LogP contribution is -2.21. The van der Waals surface area contributed by atoms with Gasteiger partial charge in [-0.3, -0.25) is 4.98 Å². The molecule has 3 heteroatoms. The SMILES string of the molecule is CCNCC(O)c1ccc2ccccc2n1. The molecule has 1 aromatic heterocycles. The van der Waals surface area contributed by atoms with Crippen LogP contribution in [0.15, 0.2) is 36.4 Å². The van der Waals surface area contributed by atoms with Gasteiger partial charge >= 0.3 is 0 Å². The van der Waals surface area contributed by atoms with E-state index in [1.54, 1.807) is 0 Å². The zero-order valence-corrected chi connectivity index (χ0v) is 9.35. The lowest BCUT2D eigenvalue weighted by atomic mass is 10.1. The zero-order chi connectivity index (χ0) is 11.4. The van der Waals surface area contributed by atoms with E-state index in [2.05, 4.69) is 10.3 Å². The van der Waals surface area contributed by atoms with Gasteiger partial charge in [0.1, 0.15) is 6.10 Å². The van der Waals surface area contributed by atoms with Gasteiger partial charge in [0.2, 0.25) is 0 Å². The Morgan fingerprint density at radius 1 is 1.25 bits per heavy atom. The monoisotopic (exact) mass is 216 g/mol. The highest BCUT2D eigenvalue weighted by Crippen LogP contribution is 2.15. The summed E-state index contributed by atoms with van der Waals surface area (Å²) in [6.07, 6.45) is -0.537. The van der Waals surface area contributed by atoms with E-state index < -0.39 is 6.10 Å². The second kappa shape index (κ2) is 5.05. The molecule has 0 aliphatic heterocycles. The van der Waals surface area contributed by atoms with Gasteiger partial charge in [0.05, 0.1) is 11.2 Å². The predicted molar refractivity (Wildman–Crippen MR) is 65.2 cm³/mol. The Labute approximate surface area is 95.1 Å². The molecule has 0 amide bonds. The second-order valence-electron chi connectivity index (χ2n) is 3.75. The number of likely N-dealkylation sites (N-methyl/N-ethyl adjacent to an activating group) is 1. The van der Waals surface area contributed by atoms with Gasteiger partial charge in [-0.15, -0.1) is 0 Å². The number of rotatable bonds is 4. The first-order valence-electron chi connectivity index (χ1n) is 5.55. The van der Waals surface area contributed by atoms with E-state index >= 15 is 0 Å². The van der Waals surface area contributed by atoms with Crippen LogP contribution in [0.4, 0.5) is 0 Å². The third kappa shape index (κ3) is 2.38. The number of aliphatic hydroxyl groups excluding tert-OH is 1. The van der Waals surface area contributed by atoms with Crippen LogP contribution < -0.4 is 5.32 Å². The Kier molecular flexibility index (Phi) is 3.49. The Balaban J connectivity index is 2.25. The summed E-state index contributed by atoms with van der Waals surface area (Å²) in [4.78, 5) is 4.44. The van der Waals surface area contributed by atoms with Gasteiger partial charge in [0, 0.05) is 11.9 Å². The van der Waals surface area contributed by atoms with Crippen molar-refractivity contribution >= 4 is 10.9 Å². The fraction of sp³-hybridized carbons (Fsp3) is 0.308. The van der Waals surface area contributed by atoms with Gasteiger partial charge in [-0.25, -0.2) is 0 Å². The molecule has 0 aliphatic carbocycles. The summed E-state index contributed by atoms with van der Waals surface area (Å²) in [5.74, 6) is 0. The molecular weight excluding hydrogens is 200 g/mol. The summed E-state index contributed by atoms with van der Waals surface area (Å²) in [5.41, 5.74) is 1.65. The lowest BCUT2D eigenvalue weighted by molar-refractivity contribution is 0.171. The molecule has 3 nitrogen and oxygen atoms in total. The van der Waals surface area contributed by atoms with E-state index in [1.807, 2.05) is 43.3 Å². The van der Waals surface area contributed by atoms with Crippen LogP contribution in [0.5, 0.6) is 0 Å². The van der Waals surface area contributed by atoms with Crippen molar-refractivity contribution < 1.29 is 5.11 Å². The summed E-state index contributed by atoms with van der Waals surface area (Å²) >= 11 is 0. The highest BCUT2D eigenvalue weighted by molar-refractivity contribution is 5.78. The zero-order valence-electron chi connectivity index (χ0n) is 9.35. The topological polar surface area (TPSA) is 45.1 Å². The molecule has 1 atom stereocenters. The smallest absolute Gasteiger partial charge is 0.108 e. The predicted octanol–water partition coefficient (Wildman–Crippen LogP) is 1.88. The molecule has 2 aromatic rings. The van der Waals surface area contributed by atoms with Crippen molar-refractivity contribution in [3.05, 3.63) is 42.1 Å². The summed E-state index contributed by atoms with van der Waals surface area (Å²) in [5, 5.41) is 14.1. The van der Waals surface area contributed by atoms with Crippen molar-refractivity contribution in [2.45, 2.75) is 13.0 Å². The van der Waals surface area contributed by atoms with Crippen molar-refractivity contribution in [1.82, 2.24) is 10.3 Å². The number of nitrogens with zero attached hydrogens (tertiary/aromatic N) is 1. The molecular formula is C13H16N2O. The first kappa shape index (κ1) is 11.0. The number of hydrogen-bond acceptors (Lipinski definition) is 3. The summed E-state index contributed by atoms with van der Waals surface area (Å²) in [6, 6.07) is 11.8. The number of fused-ring (bicyclic) bond motifs is 1. The molecule has 0 saturated heterocycles. The Morgan fingerprint density at radius 2 is 2.06 bits per heavy atom. The third-order valence-electron chi connectivity index (χ3n) is 2.55. The van der Waals surface area contributed by atoms with E-state index in [0.717, 1.165) is 23.1 Å². The fourth-order valence-corrected chi connectivity index (χ4v) is 1.65. The molecule has 84 valence electrons. The van der Waals surface area contributed by atoms with E-state index in [0.29, 0.717) is 6.54 Å². The quantitative estimate of drug-likeness (QED) is 0.820. The van der Waals surface area contributed by atoms with Crippen LogP contribution in [0.2, 0.25) is 0 Å². The van der Waals surface area contributed by atoms with Crippen LogP contribution in [0.25, 0.3) is 10.9 Å². The van der Waals surface area contributed by atoms with Gasteiger partial charge in [-0.1, -0.05) is 31.2 Å². The molecule has 0 radical (unpaired) electrons. The van der Waals surface area contributed by atoms with Crippen LogP contribution in [0.1, 0.15) is 18.7 Å². The molecule has 0 aliphatic rings. The van der Waals surface area contributed by atoms with Crippen molar-refractivity contribution in [1.29, 1.82) is 0 Å². The molecule has 2 rings (SSSR count). The van der Waals surface area contributed by atoms with Gasteiger partial charge < -0.3 is 10.4 Å². The van der Waals surface area contributed by atoms with Crippen molar-refractivity contribution in [2.75, 3.05) is 13.1 Å². The lowest BCUT2D eigenvalue weighted by Gasteiger charge is -2.10. The Hall–Kier alpha value is -1.45. The molecule has 1 aromatic carbocycles. The maximum absolute atomic E-state index is 9.89. The Bertz CT molecular complexity index is 470. The summed E-state index contributed by atoms with van der Waals surface area (Å²) in [6.45, 7) is 3.41. The average Bonchev–Trinajstić information content (AvgIpc) is 2.35. The number of pyridine rings is 1. The maximum Gasteiger partial charge on any atom is 0.108 e. The average molecular weight is 216 g/mol. The van der Waals surface area contributed by atoms with E-state index in [-0.39, 0.29) is 0 Å². The third-order valence-corrected chi connectivity index (χ3v) is 2.55.